The van der Waals surface area contributed by atoms with Gasteiger partial charge < -0.3 is 49.9 Å². The van der Waals surface area contributed by atoms with Gasteiger partial charge in [-0.2, -0.15) is 5.10 Å². The quantitative estimate of drug-likeness (QED) is 0.0392. The molecule has 0 bridgehead atoms. The number of ketones is 1. The van der Waals surface area contributed by atoms with E-state index in [2.05, 4.69) is 47.1 Å². The van der Waals surface area contributed by atoms with Gasteiger partial charge in [0.05, 0.1) is 84.6 Å². The molecule has 16 heteroatoms. The molecule has 1 heterocycles. The van der Waals surface area contributed by atoms with Crippen molar-refractivity contribution in [1.82, 2.24) is 15.1 Å². The number of hydrogen-bond donors (Lipinski definition) is 4. The smallest absolute Gasteiger partial charge is 0.251 e. The molecule has 5 rings (SSSR count). The molecule has 1 aliphatic carbocycles. The van der Waals surface area contributed by atoms with Gasteiger partial charge in [-0.05, 0) is 121 Å². The Hall–Kier alpha value is -4.59. The molecule has 3 aromatic carbocycles. The van der Waals surface area contributed by atoms with Crippen molar-refractivity contribution in [2.45, 2.75) is 53.4 Å². The largest absolute Gasteiger partial charge is 0.507 e. The molecular formula is C45H58IN5O10. The highest BCUT2D eigenvalue weighted by Gasteiger charge is 2.36. The Labute approximate surface area is 371 Å². The molecule has 0 aliphatic heterocycles. The van der Waals surface area contributed by atoms with E-state index in [-0.39, 0.29) is 22.9 Å². The number of phenolic OH excluding ortho intramolecular Hbond substituents is 1. The molecule has 330 valence electrons. The Morgan fingerprint density at radius 1 is 0.803 bits per heavy atom. The van der Waals surface area contributed by atoms with Crippen molar-refractivity contribution in [3.8, 4) is 22.9 Å². The predicted molar refractivity (Wildman–Crippen MR) is 239 cm³/mol. The summed E-state index contributed by atoms with van der Waals surface area (Å²) in [6.07, 6.45) is 2.59. The van der Waals surface area contributed by atoms with E-state index in [4.69, 9.17) is 39.3 Å². The second-order valence-corrected chi connectivity index (χ2v) is 16.7. The topological polar surface area (TPSA) is 195 Å². The van der Waals surface area contributed by atoms with Crippen LogP contribution in [-0.4, -0.2) is 112 Å². The summed E-state index contributed by atoms with van der Waals surface area (Å²) in [6, 6.07) is 15.8. The van der Waals surface area contributed by atoms with E-state index >= 15 is 0 Å². The molecule has 0 saturated carbocycles. The number of nitrogens with one attached hydrogen (secondary N) is 2. The minimum atomic E-state index is -0.530. The predicted octanol–water partition coefficient (Wildman–Crippen LogP) is 6.55. The summed E-state index contributed by atoms with van der Waals surface area (Å²) in [5, 5.41) is 20.8. The van der Waals surface area contributed by atoms with Gasteiger partial charge in [0.15, 0.2) is 5.78 Å². The molecule has 0 spiro atoms. The lowest BCUT2D eigenvalue weighted by molar-refractivity contribution is -0.0111. The number of carbonyl (C=O) groups excluding carboxylic acids is 3. The van der Waals surface area contributed by atoms with E-state index in [0.717, 1.165) is 23.4 Å². The summed E-state index contributed by atoms with van der Waals surface area (Å²) in [6.45, 7) is 13.5. The van der Waals surface area contributed by atoms with Crippen molar-refractivity contribution in [3.63, 3.8) is 0 Å². The van der Waals surface area contributed by atoms with E-state index in [1.54, 1.807) is 42.5 Å². The maximum atomic E-state index is 12.9. The Morgan fingerprint density at radius 2 is 1.39 bits per heavy atom. The maximum absolute atomic E-state index is 12.9. The summed E-state index contributed by atoms with van der Waals surface area (Å²) in [5.74, 6) is 0.869. The van der Waals surface area contributed by atoms with E-state index in [0.29, 0.717) is 142 Å². The molecular weight excluding hydrogens is 897 g/mol. The normalized spacial score (nSPS) is 13.2. The first-order valence-electron chi connectivity index (χ1n) is 20.6. The number of Topliss-reactive ketones (excluding diaryl/α,β-unsaturated/α-hetero) is 1. The summed E-state index contributed by atoms with van der Waals surface area (Å²) in [5.41, 5.74) is 10.8. The summed E-state index contributed by atoms with van der Waals surface area (Å²) >= 11 is 2.06. The Morgan fingerprint density at radius 3 is 1.98 bits per heavy atom. The van der Waals surface area contributed by atoms with Gasteiger partial charge in [0.25, 0.3) is 11.8 Å². The highest BCUT2D eigenvalue weighted by Crippen LogP contribution is 2.37. The van der Waals surface area contributed by atoms with Crippen molar-refractivity contribution >= 4 is 45.9 Å². The van der Waals surface area contributed by atoms with E-state index < -0.39 is 5.91 Å². The minimum Gasteiger partial charge on any atom is -0.507 e. The lowest BCUT2D eigenvalue weighted by Gasteiger charge is -2.29. The number of aromatic hydroxyl groups is 1. The summed E-state index contributed by atoms with van der Waals surface area (Å²) in [4.78, 5) is 37.5. The molecule has 1 aromatic heterocycles. The average Bonchev–Trinajstić information content (AvgIpc) is 3.55. The highest BCUT2D eigenvalue weighted by molar-refractivity contribution is 14.1. The molecule has 61 heavy (non-hydrogen) atoms. The number of amides is 2. The Kier molecular flexibility index (Phi) is 18.3. The second-order valence-electron chi connectivity index (χ2n) is 15.5. The highest BCUT2D eigenvalue weighted by atomic mass is 127. The second kappa shape index (κ2) is 23.6. The molecule has 2 amide bonds. The fourth-order valence-electron chi connectivity index (χ4n) is 6.81. The van der Waals surface area contributed by atoms with Gasteiger partial charge in [0.2, 0.25) is 0 Å². The van der Waals surface area contributed by atoms with E-state index in [9.17, 15) is 19.5 Å². The Bertz CT molecular complexity index is 2070. The van der Waals surface area contributed by atoms with Crippen LogP contribution in [-0.2, 0) is 30.1 Å². The monoisotopic (exact) mass is 955 g/mol. The molecule has 5 N–H and O–H groups in total. The lowest BCUT2D eigenvalue weighted by atomic mass is 9.75. The van der Waals surface area contributed by atoms with Crippen LogP contribution in [0.4, 0.5) is 5.69 Å². The summed E-state index contributed by atoms with van der Waals surface area (Å²) in [7, 11) is 0. The number of halogens is 1. The van der Waals surface area contributed by atoms with E-state index in [1.165, 1.54) is 0 Å². The number of rotatable bonds is 26. The number of anilines is 1. The zero-order chi connectivity index (χ0) is 43.8. The number of phenols is 1. The fourth-order valence-corrected chi connectivity index (χ4v) is 7.54. The third-order valence-corrected chi connectivity index (χ3v) is 10.7. The van der Waals surface area contributed by atoms with Crippen LogP contribution in [0.15, 0.2) is 54.6 Å². The summed E-state index contributed by atoms with van der Waals surface area (Å²) < 4.78 is 36.4. The third-order valence-electron chi connectivity index (χ3n) is 9.83. The van der Waals surface area contributed by atoms with E-state index in [1.807, 2.05) is 30.7 Å². The zero-order valence-electron chi connectivity index (χ0n) is 35.5. The number of aromatic nitrogens is 2. The number of nitrogens with two attached hydrogens (primary N) is 1. The van der Waals surface area contributed by atoms with Crippen LogP contribution in [0.3, 0.4) is 0 Å². The van der Waals surface area contributed by atoms with Crippen molar-refractivity contribution in [2.75, 3.05) is 84.5 Å². The maximum Gasteiger partial charge on any atom is 0.251 e. The number of primary amides is 1. The van der Waals surface area contributed by atoms with Crippen LogP contribution in [0.25, 0.3) is 5.69 Å². The number of aryl methyl sites for hydroxylation is 2. The lowest BCUT2D eigenvalue weighted by Crippen LogP contribution is -2.28. The molecule has 0 saturated heterocycles. The van der Waals surface area contributed by atoms with Gasteiger partial charge in [-0.15, -0.1) is 0 Å². The first-order valence-corrected chi connectivity index (χ1v) is 21.6. The first-order chi connectivity index (χ1) is 29.3. The minimum absolute atomic E-state index is 0.113. The molecule has 0 atom stereocenters. The molecule has 1 aliphatic rings. The zero-order valence-corrected chi connectivity index (χ0v) is 37.6. The molecule has 4 aromatic rings. The number of benzene rings is 3. The van der Waals surface area contributed by atoms with Gasteiger partial charge in [-0.3, -0.25) is 14.4 Å². The number of ether oxygens (including phenoxy) is 6. The Balaban J connectivity index is 0.824. The number of hydrogen-bond acceptors (Lipinski definition) is 12. The van der Waals surface area contributed by atoms with Gasteiger partial charge in [0.1, 0.15) is 17.2 Å². The van der Waals surface area contributed by atoms with Gasteiger partial charge in [0, 0.05) is 44.0 Å². The van der Waals surface area contributed by atoms with Gasteiger partial charge >= 0.3 is 0 Å². The SMILES string of the molecule is Cc1cc(Oc2ccc(C(=O)NCCCOCCOCCOCCOCCOCCCNc3cc(-n4nc(C)c5c4CC(C)(C)CC5=O)ccc3C(N)=O)cc2)cc(I)c1O. The number of nitrogens with zero attached hydrogens (tertiary/aromatic N) is 2. The standard InChI is InChI=1S/C45H58IN5O10/c1-30-25-35(27-37(46)42(30)53)61-34-10-7-32(8-11-34)44(55)49-14-6-16-57-18-20-59-22-24-60-23-21-58-19-17-56-15-5-13-48-38-26-33(9-12-36(38)43(47)54)51-39-28-45(3,4)29-40(52)41(39)31(2)50-51/h7-12,25-27,48,53H,5-6,13-24,28-29H2,1-4H3,(H2,47,54)(H,49,55). The van der Waals surface area contributed by atoms with Crippen LogP contribution in [0.5, 0.6) is 17.2 Å². The van der Waals surface area contributed by atoms with Crippen LogP contribution in [0, 0.1) is 22.8 Å². The number of fused-ring (bicyclic) bond motifs is 1. The van der Waals surface area contributed by atoms with Crippen molar-refractivity contribution in [3.05, 3.63) is 91.8 Å². The van der Waals surface area contributed by atoms with Crippen molar-refractivity contribution in [2.24, 2.45) is 11.1 Å². The first kappa shape index (κ1) is 47.5. The third kappa shape index (κ3) is 14.5. The van der Waals surface area contributed by atoms with Crippen molar-refractivity contribution < 1.29 is 47.9 Å². The molecule has 0 fully saturated rings. The number of carbonyl (C=O) groups is 3. The average molecular weight is 956 g/mol. The van der Waals surface area contributed by atoms with Gasteiger partial charge in [-0.1, -0.05) is 13.8 Å². The molecule has 0 unspecified atom stereocenters. The van der Waals surface area contributed by atoms with Crippen LogP contribution < -0.4 is 21.1 Å². The molecule has 0 radical (unpaired) electrons. The fraction of sp³-hybridized carbons (Fsp3) is 0.467. The van der Waals surface area contributed by atoms with Crippen LogP contribution >= 0.6 is 22.6 Å². The van der Waals surface area contributed by atoms with Gasteiger partial charge in [-0.25, -0.2) is 4.68 Å². The molecule has 15 nitrogen and oxygen atoms in total. The van der Waals surface area contributed by atoms with Crippen molar-refractivity contribution in [1.29, 1.82) is 0 Å². The van der Waals surface area contributed by atoms with Crippen LogP contribution in [0.1, 0.15) is 81.1 Å². The van der Waals surface area contributed by atoms with Crippen LogP contribution in [0.2, 0.25) is 0 Å².